The van der Waals surface area contributed by atoms with Crippen LogP contribution in [-0.2, 0) is 58.9 Å². The second kappa shape index (κ2) is 29.7. The highest BCUT2D eigenvalue weighted by Crippen LogP contribution is 2.42. The molecule has 3 saturated heterocycles. The molecule has 3 fully saturated rings. The summed E-state index contributed by atoms with van der Waals surface area (Å²) >= 11 is 13.4. The topological polar surface area (TPSA) is 280 Å². The van der Waals surface area contributed by atoms with Crippen molar-refractivity contribution in [3.8, 4) is 22.8 Å². The number of imide groups is 2. The zero-order valence-corrected chi connectivity index (χ0v) is 45.0. The molecule has 3 atom stereocenters. The summed E-state index contributed by atoms with van der Waals surface area (Å²) in [6, 6.07) is 6.82. The van der Waals surface area contributed by atoms with Gasteiger partial charge in [-0.25, -0.2) is 9.97 Å². The largest absolute Gasteiger partial charge is 0.490 e. The molecule has 1 aromatic heterocycles. The smallest absolute Gasteiger partial charge is 0.266 e. The number of nitrogens with one attached hydrogen (secondary N) is 2. The van der Waals surface area contributed by atoms with Gasteiger partial charge in [-0.2, -0.15) is 0 Å². The van der Waals surface area contributed by atoms with E-state index in [9.17, 15) is 29.1 Å². The molecular formula is C52H69Cl2N7O16. The fourth-order valence-corrected chi connectivity index (χ4v) is 9.73. The predicted molar refractivity (Wildman–Crippen MR) is 278 cm³/mol. The minimum atomic E-state index is -1.11. The summed E-state index contributed by atoms with van der Waals surface area (Å²) < 4.78 is 56.4. The van der Waals surface area contributed by atoms with Crippen molar-refractivity contribution in [1.82, 2.24) is 25.5 Å². The summed E-state index contributed by atoms with van der Waals surface area (Å²) in [6.07, 6.45) is 1.59. The fraction of sp³-hybridized carbons (Fsp3) is 0.596. The Morgan fingerprint density at radius 2 is 1.38 bits per heavy atom. The van der Waals surface area contributed by atoms with Gasteiger partial charge in [-0.3, -0.25) is 34.2 Å². The number of aromatic nitrogens is 2. The summed E-state index contributed by atoms with van der Waals surface area (Å²) in [7, 11) is 0. The van der Waals surface area contributed by atoms with Crippen LogP contribution in [0.2, 0.25) is 10.0 Å². The molecule has 422 valence electrons. The van der Waals surface area contributed by atoms with Gasteiger partial charge in [-0.1, -0.05) is 36.2 Å². The summed E-state index contributed by atoms with van der Waals surface area (Å²) in [5.41, 5.74) is 8.44. The number of nitrogens with two attached hydrogens (primary N) is 1. The Kier molecular flexibility index (Phi) is 23.0. The van der Waals surface area contributed by atoms with Crippen molar-refractivity contribution in [1.29, 1.82) is 0 Å². The summed E-state index contributed by atoms with van der Waals surface area (Å²) in [5.74, 6) is -1.64. The number of halogens is 2. The molecule has 0 bridgehead atoms. The van der Waals surface area contributed by atoms with E-state index in [1.807, 2.05) is 6.92 Å². The molecule has 0 saturated carbocycles. The average molecular weight is 1120 g/mol. The second-order valence-corrected chi connectivity index (χ2v) is 19.3. The Labute approximate surface area is 456 Å². The number of amides is 5. The molecule has 5 amide bonds. The van der Waals surface area contributed by atoms with E-state index in [4.69, 9.17) is 86.3 Å². The van der Waals surface area contributed by atoms with Crippen molar-refractivity contribution in [2.75, 3.05) is 137 Å². The summed E-state index contributed by atoms with van der Waals surface area (Å²) in [4.78, 5) is 75.1. The Balaban J connectivity index is 0.628. The number of aliphatic hydroxyl groups excluding tert-OH is 1. The van der Waals surface area contributed by atoms with Crippen LogP contribution in [0.4, 0.5) is 5.82 Å². The minimum Gasteiger partial charge on any atom is -0.490 e. The highest BCUT2D eigenvalue weighted by molar-refractivity contribution is 6.44. The van der Waals surface area contributed by atoms with E-state index in [2.05, 4.69) is 22.5 Å². The van der Waals surface area contributed by atoms with Crippen LogP contribution in [0.25, 0.3) is 11.3 Å². The maximum absolute atomic E-state index is 13.2. The lowest BCUT2D eigenvalue weighted by atomic mass is 9.81. The van der Waals surface area contributed by atoms with E-state index in [1.165, 1.54) is 18.2 Å². The number of benzene rings is 2. The van der Waals surface area contributed by atoms with E-state index >= 15 is 0 Å². The molecule has 3 aromatic rings. The highest BCUT2D eigenvalue weighted by Gasteiger charge is 2.49. The number of aryl methyl sites for hydroxylation is 1. The van der Waals surface area contributed by atoms with Gasteiger partial charge in [0.1, 0.15) is 34.9 Å². The van der Waals surface area contributed by atoms with Gasteiger partial charge in [0, 0.05) is 37.7 Å². The van der Waals surface area contributed by atoms with E-state index in [-0.39, 0.29) is 77.8 Å². The first-order chi connectivity index (χ1) is 37.3. The van der Waals surface area contributed by atoms with Gasteiger partial charge in [0.15, 0.2) is 12.4 Å². The van der Waals surface area contributed by atoms with E-state index in [0.717, 1.165) is 17.7 Å². The third kappa shape index (κ3) is 15.8. The van der Waals surface area contributed by atoms with Crippen LogP contribution in [-0.4, -0.2) is 199 Å². The lowest BCUT2D eigenvalue weighted by molar-refractivity contribution is -0.136. The number of fused-ring (bicyclic) bond motifs is 1. The molecule has 0 aliphatic carbocycles. The second-order valence-electron chi connectivity index (χ2n) is 18.6. The monoisotopic (exact) mass is 1120 g/mol. The Morgan fingerprint density at radius 3 is 1.95 bits per heavy atom. The average Bonchev–Trinajstić information content (AvgIpc) is 3.85. The molecular weight excluding hydrogens is 1050 g/mol. The van der Waals surface area contributed by atoms with Crippen molar-refractivity contribution in [3.05, 3.63) is 62.9 Å². The van der Waals surface area contributed by atoms with Gasteiger partial charge in [-0.05, 0) is 56.4 Å². The van der Waals surface area contributed by atoms with Crippen molar-refractivity contribution in [2.45, 2.75) is 63.8 Å². The van der Waals surface area contributed by atoms with Crippen LogP contribution in [0.1, 0.15) is 64.7 Å². The number of piperidine rings is 2. The lowest BCUT2D eigenvalue weighted by Gasteiger charge is -2.42. The van der Waals surface area contributed by atoms with Crippen molar-refractivity contribution in [2.24, 2.45) is 11.7 Å². The summed E-state index contributed by atoms with van der Waals surface area (Å²) in [5, 5.41) is 15.6. The standard InChI is InChI=1S/C52H69Cl2N7O16/c1-33-31-77-52(47(33)55)10-13-60(14-11-52)48-37(30-62)58-46(34(2)57-48)36-6-8-40(45(54)44(36)53)75-29-28-74-27-26-73-25-24-72-23-22-71-21-20-70-19-18-69-17-16-68-15-12-56-42(64)32-76-39-5-3-4-35-43(39)51(67)61(50(35)66)38-7-9-41(63)59-49(38)65/h3-6,8,33,38,47,62H,7,9-32,55H2,1-2H3,(H,56,64)(H,59,63,65)/t33-,38?,47-/m0/s1. The number of nitrogens with zero attached hydrogens (tertiary/aromatic N) is 4. The van der Waals surface area contributed by atoms with Gasteiger partial charge < -0.3 is 68.4 Å². The number of carbonyl (C=O) groups is 5. The van der Waals surface area contributed by atoms with Crippen molar-refractivity contribution in [3.63, 3.8) is 0 Å². The molecule has 1 unspecified atom stereocenters. The maximum atomic E-state index is 13.2. The Bertz CT molecular complexity index is 2500. The van der Waals surface area contributed by atoms with Gasteiger partial charge in [0.25, 0.3) is 17.7 Å². The molecule has 77 heavy (non-hydrogen) atoms. The Morgan fingerprint density at radius 1 is 0.779 bits per heavy atom. The van der Waals surface area contributed by atoms with Gasteiger partial charge in [-0.15, -0.1) is 0 Å². The van der Waals surface area contributed by atoms with E-state index < -0.39 is 42.2 Å². The van der Waals surface area contributed by atoms with Crippen LogP contribution in [0.15, 0.2) is 30.3 Å². The number of aliphatic hydroxyl groups is 1. The quantitative estimate of drug-likeness (QED) is 0.0517. The molecule has 5 N–H and O–H groups in total. The Hall–Kier alpha value is -5.15. The molecule has 23 nitrogen and oxygen atoms in total. The van der Waals surface area contributed by atoms with Gasteiger partial charge in [0.05, 0.1) is 139 Å². The molecule has 5 heterocycles. The van der Waals surface area contributed by atoms with Crippen LogP contribution in [0.5, 0.6) is 11.5 Å². The number of hydrogen-bond acceptors (Lipinski definition) is 20. The SMILES string of the molecule is Cc1nc(N2CCC3(CC2)OC[C@H](C)[C@@H]3N)c(CO)nc1-c1ccc(OCCOCCOCCOCCOCCOCCOCCOCCNC(=O)COc2cccc3c2C(=O)N(C2CCC(=O)NC2=O)C3=O)c(Cl)c1Cl. The predicted octanol–water partition coefficient (Wildman–Crippen LogP) is 2.68. The maximum Gasteiger partial charge on any atom is 0.266 e. The first kappa shape index (κ1) is 59.5. The van der Waals surface area contributed by atoms with Crippen LogP contribution >= 0.6 is 23.2 Å². The van der Waals surface area contributed by atoms with Crippen LogP contribution in [0.3, 0.4) is 0 Å². The highest BCUT2D eigenvalue weighted by atomic mass is 35.5. The number of anilines is 1. The molecule has 4 aliphatic rings. The lowest BCUT2D eigenvalue weighted by Crippen LogP contribution is -2.54. The first-order valence-electron chi connectivity index (χ1n) is 25.9. The third-order valence-corrected chi connectivity index (χ3v) is 14.3. The fourth-order valence-electron chi connectivity index (χ4n) is 9.27. The zero-order valence-electron chi connectivity index (χ0n) is 43.5. The van der Waals surface area contributed by atoms with E-state index in [0.29, 0.717) is 146 Å². The number of ether oxygens (including phenoxy) is 10. The van der Waals surface area contributed by atoms with Crippen LogP contribution < -0.4 is 30.7 Å². The first-order valence-corrected chi connectivity index (χ1v) is 26.6. The van der Waals surface area contributed by atoms with Crippen molar-refractivity contribution < 1.29 is 76.4 Å². The number of rotatable bonds is 32. The van der Waals surface area contributed by atoms with Gasteiger partial charge >= 0.3 is 0 Å². The van der Waals surface area contributed by atoms with Crippen molar-refractivity contribution >= 4 is 58.6 Å². The molecule has 7 rings (SSSR count). The minimum absolute atomic E-state index is 0.00256. The third-order valence-electron chi connectivity index (χ3n) is 13.4. The molecule has 0 radical (unpaired) electrons. The molecule has 1 spiro atoms. The number of hydrogen-bond donors (Lipinski definition) is 4. The molecule has 4 aliphatic heterocycles. The van der Waals surface area contributed by atoms with Gasteiger partial charge in [0.2, 0.25) is 11.8 Å². The summed E-state index contributed by atoms with van der Waals surface area (Å²) in [6.45, 7) is 10.9. The normalized spacial score (nSPS) is 19.1. The molecule has 2 aromatic carbocycles. The zero-order chi connectivity index (χ0) is 54.7. The number of carbonyl (C=O) groups excluding carboxylic acids is 5. The van der Waals surface area contributed by atoms with E-state index in [1.54, 1.807) is 12.1 Å². The molecule has 25 heteroatoms. The van der Waals surface area contributed by atoms with Crippen LogP contribution in [0, 0.1) is 12.8 Å².